The third-order valence-electron chi connectivity index (χ3n) is 3.40. The third kappa shape index (κ3) is 2.94. The minimum atomic E-state index is 0.819. The van der Waals surface area contributed by atoms with Crippen LogP contribution in [0.3, 0.4) is 0 Å². The lowest BCUT2D eigenvalue weighted by molar-refractivity contribution is 1.20. The Balaban J connectivity index is 2.00. The van der Waals surface area contributed by atoms with E-state index in [0.29, 0.717) is 0 Å². The summed E-state index contributed by atoms with van der Waals surface area (Å²) in [5, 5.41) is 5.75. The summed E-state index contributed by atoms with van der Waals surface area (Å²) in [6.07, 6.45) is 0. The van der Waals surface area contributed by atoms with Gasteiger partial charge in [-0.3, -0.25) is 0 Å². The molecule has 0 aliphatic rings. The van der Waals surface area contributed by atoms with Crippen molar-refractivity contribution in [2.45, 2.75) is 20.8 Å². The van der Waals surface area contributed by atoms with Gasteiger partial charge in [-0.15, -0.1) is 22.7 Å². The lowest BCUT2D eigenvalue weighted by Gasteiger charge is -2.05. The topological polar surface area (TPSA) is 25.8 Å². The minimum absolute atomic E-state index is 0.819. The highest BCUT2D eigenvalue weighted by Crippen LogP contribution is 2.34. The number of thiazole rings is 2. The standard InChI is InChI=1S/C16H17N2PS2/c1-9-5-6-12(7-14(9)19-4)13-8-20-16(18-13)15-10(2)17-11(3)21-15/h5-8,19H,1-4H3. The van der Waals surface area contributed by atoms with Crippen molar-refractivity contribution in [1.29, 1.82) is 0 Å². The molecule has 0 radical (unpaired) electrons. The van der Waals surface area contributed by atoms with Crippen LogP contribution in [0.5, 0.6) is 0 Å². The second kappa shape index (κ2) is 5.96. The molecule has 5 heteroatoms. The molecular weight excluding hydrogens is 315 g/mol. The van der Waals surface area contributed by atoms with Crippen LogP contribution in [0.2, 0.25) is 0 Å². The summed E-state index contributed by atoms with van der Waals surface area (Å²) in [7, 11) is 0.819. The summed E-state index contributed by atoms with van der Waals surface area (Å²) in [5.41, 5.74) is 4.73. The van der Waals surface area contributed by atoms with Gasteiger partial charge >= 0.3 is 0 Å². The van der Waals surface area contributed by atoms with E-state index in [1.807, 2.05) is 6.92 Å². The van der Waals surface area contributed by atoms with Gasteiger partial charge in [0.1, 0.15) is 5.01 Å². The first-order valence-corrected chi connectivity index (χ1v) is 9.97. The summed E-state index contributed by atoms with van der Waals surface area (Å²) in [6, 6.07) is 6.64. The fraction of sp³-hybridized carbons (Fsp3) is 0.250. The van der Waals surface area contributed by atoms with Crippen molar-refractivity contribution in [1.82, 2.24) is 9.97 Å². The molecule has 1 aromatic carbocycles. The van der Waals surface area contributed by atoms with E-state index in [9.17, 15) is 0 Å². The number of nitrogens with zero attached hydrogens (tertiary/aromatic N) is 2. The van der Waals surface area contributed by atoms with Crippen LogP contribution in [0.25, 0.3) is 21.1 Å². The van der Waals surface area contributed by atoms with Crippen LogP contribution in [0.4, 0.5) is 0 Å². The van der Waals surface area contributed by atoms with E-state index in [0.717, 1.165) is 30.0 Å². The monoisotopic (exact) mass is 332 g/mol. The lowest BCUT2D eigenvalue weighted by atomic mass is 10.1. The first kappa shape index (κ1) is 14.8. The van der Waals surface area contributed by atoms with Crippen molar-refractivity contribution in [2.75, 3.05) is 6.66 Å². The van der Waals surface area contributed by atoms with E-state index in [-0.39, 0.29) is 0 Å². The lowest BCUT2D eigenvalue weighted by Crippen LogP contribution is -1.99. The molecule has 1 atom stereocenters. The molecule has 21 heavy (non-hydrogen) atoms. The Labute approximate surface area is 135 Å². The molecule has 0 fully saturated rings. The average Bonchev–Trinajstić information content (AvgIpc) is 3.06. The van der Waals surface area contributed by atoms with Gasteiger partial charge in [-0.2, -0.15) is 0 Å². The molecule has 3 rings (SSSR count). The summed E-state index contributed by atoms with van der Waals surface area (Å²) < 4.78 is 0. The fourth-order valence-electron chi connectivity index (χ4n) is 2.29. The quantitative estimate of drug-likeness (QED) is 0.644. The smallest absolute Gasteiger partial charge is 0.135 e. The van der Waals surface area contributed by atoms with E-state index in [1.165, 1.54) is 21.3 Å². The molecule has 0 N–H and O–H groups in total. The van der Waals surface area contributed by atoms with E-state index in [2.05, 4.69) is 49.1 Å². The zero-order valence-electron chi connectivity index (χ0n) is 12.5. The fourth-order valence-corrected chi connectivity index (χ4v) is 4.96. The maximum absolute atomic E-state index is 4.82. The minimum Gasteiger partial charge on any atom is -0.246 e. The summed E-state index contributed by atoms with van der Waals surface area (Å²) in [6.45, 7) is 8.50. The molecule has 2 heterocycles. The van der Waals surface area contributed by atoms with Crippen molar-refractivity contribution in [2.24, 2.45) is 0 Å². The molecule has 108 valence electrons. The Morgan fingerprint density at radius 2 is 1.90 bits per heavy atom. The Bertz CT molecular complexity index is 789. The highest BCUT2D eigenvalue weighted by atomic mass is 32.1. The second-order valence-electron chi connectivity index (χ2n) is 4.97. The van der Waals surface area contributed by atoms with Crippen LogP contribution >= 0.6 is 31.3 Å². The molecule has 3 aromatic rings. The number of benzene rings is 1. The first-order valence-electron chi connectivity index (χ1n) is 6.77. The average molecular weight is 332 g/mol. The van der Waals surface area contributed by atoms with Crippen LogP contribution in [0, 0.1) is 20.8 Å². The van der Waals surface area contributed by atoms with Gasteiger partial charge < -0.3 is 0 Å². The Morgan fingerprint density at radius 3 is 2.57 bits per heavy atom. The summed E-state index contributed by atoms with van der Waals surface area (Å²) >= 11 is 3.43. The Hall–Kier alpha value is -1.09. The number of hydrogen-bond acceptors (Lipinski definition) is 4. The Kier molecular flexibility index (Phi) is 4.21. The number of hydrogen-bond donors (Lipinski definition) is 0. The molecule has 0 aliphatic heterocycles. The zero-order valence-corrected chi connectivity index (χ0v) is 15.2. The third-order valence-corrected chi connectivity index (χ3v) is 6.55. The summed E-state index contributed by atoms with van der Waals surface area (Å²) in [5.74, 6) is 0. The molecule has 0 saturated carbocycles. The SMILES string of the molecule is CPc1cc(-c2csc(-c3sc(C)nc3C)n2)ccc1C. The normalized spacial score (nSPS) is 11.6. The number of aromatic nitrogens is 2. The van der Waals surface area contributed by atoms with Crippen LogP contribution in [-0.4, -0.2) is 16.6 Å². The largest absolute Gasteiger partial charge is 0.246 e. The Morgan fingerprint density at radius 1 is 1.10 bits per heavy atom. The molecule has 2 nitrogen and oxygen atoms in total. The van der Waals surface area contributed by atoms with Crippen LogP contribution in [0.1, 0.15) is 16.3 Å². The van der Waals surface area contributed by atoms with Crippen LogP contribution in [-0.2, 0) is 0 Å². The predicted octanol–water partition coefficient (Wildman–Crippen LogP) is 4.79. The van der Waals surface area contributed by atoms with Crippen LogP contribution < -0.4 is 5.30 Å². The molecule has 1 unspecified atom stereocenters. The second-order valence-corrected chi connectivity index (χ2v) is 8.06. The van der Waals surface area contributed by atoms with Crippen molar-refractivity contribution in [3.05, 3.63) is 39.8 Å². The molecule has 0 aliphatic carbocycles. The van der Waals surface area contributed by atoms with E-state index >= 15 is 0 Å². The van der Waals surface area contributed by atoms with Crippen LogP contribution in [0.15, 0.2) is 23.6 Å². The molecule has 2 aromatic heterocycles. The number of aryl methyl sites for hydroxylation is 3. The van der Waals surface area contributed by atoms with Gasteiger partial charge in [0.05, 0.1) is 21.3 Å². The van der Waals surface area contributed by atoms with Crippen molar-refractivity contribution < 1.29 is 0 Å². The number of rotatable bonds is 3. The molecule has 0 saturated heterocycles. The van der Waals surface area contributed by atoms with Crippen molar-refractivity contribution in [3.8, 4) is 21.1 Å². The van der Waals surface area contributed by atoms with Crippen molar-refractivity contribution >= 4 is 36.6 Å². The maximum Gasteiger partial charge on any atom is 0.135 e. The van der Waals surface area contributed by atoms with Gasteiger partial charge in [0.25, 0.3) is 0 Å². The molecule has 0 spiro atoms. The summed E-state index contributed by atoms with van der Waals surface area (Å²) in [4.78, 5) is 10.5. The molecular formula is C16H17N2PS2. The van der Waals surface area contributed by atoms with E-state index in [1.54, 1.807) is 22.7 Å². The van der Waals surface area contributed by atoms with Gasteiger partial charge in [-0.05, 0) is 44.4 Å². The van der Waals surface area contributed by atoms with Crippen molar-refractivity contribution in [3.63, 3.8) is 0 Å². The highest BCUT2D eigenvalue weighted by Gasteiger charge is 2.13. The van der Waals surface area contributed by atoms with Gasteiger partial charge in [0.15, 0.2) is 0 Å². The van der Waals surface area contributed by atoms with E-state index in [4.69, 9.17) is 4.98 Å². The van der Waals surface area contributed by atoms with Gasteiger partial charge in [0, 0.05) is 10.9 Å². The van der Waals surface area contributed by atoms with Gasteiger partial charge in [-0.1, -0.05) is 20.7 Å². The molecule has 0 amide bonds. The van der Waals surface area contributed by atoms with E-state index < -0.39 is 0 Å². The highest BCUT2D eigenvalue weighted by molar-refractivity contribution is 7.46. The first-order chi connectivity index (χ1) is 10.1. The molecule has 0 bridgehead atoms. The maximum atomic E-state index is 4.82. The zero-order chi connectivity index (χ0) is 15.0. The predicted molar refractivity (Wildman–Crippen MR) is 96.7 cm³/mol. The van der Waals surface area contributed by atoms with Gasteiger partial charge in [0.2, 0.25) is 0 Å². The van der Waals surface area contributed by atoms with Gasteiger partial charge in [-0.25, -0.2) is 9.97 Å².